The van der Waals surface area contributed by atoms with E-state index in [0.29, 0.717) is 22.8 Å². The van der Waals surface area contributed by atoms with Gasteiger partial charge >= 0.3 is 0 Å². The van der Waals surface area contributed by atoms with E-state index in [1.165, 1.54) is 0 Å². The van der Waals surface area contributed by atoms with Crippen molar-refractivity contribution in [3.63, 3.8) is 0 Å². The molecule has 6 heteroatoms. The van der Waals surface area contributed by atoms with Gasteiger partial charge in [-0.3, -0.25) is 4.68 Å². The Kier molecular flexibility index (Phi) is 3.75. The summed E-state index contributed by atoms with van der Waals surface area (Å²) < 4.78 is 28.4. The van der Waals surface area contributed by atoms with E-state index >= 15 is 0 Å². The van der Waals surface area contributed by atoms with Gasteiger partial charge in [0.05, 0.1) is 11.4 Å². The van der Waals surface area contributed by atoms with Crippen molar-refractivity contribution in [2.24, 2.45) is 0 Å². The summed E-state index contributed by atoms with van der Waals surface area (Å²) in [6.45, 7) is 9.70. The zero-order valence-corrected chi connectivity index (χ0v) is 11.2. The van der Waals surface area contributed by atoms with Crippen LogP contribution < -0.4 is 4.72 Å². The van der Waals surface area contributed by atoms with Crippen LogP contribution in [0.25, 0.3) is 0 Å². The van der Waals surface area contributed by atoms with Crippen molar-refractivity contribution < 1.29 is 8.42 Å². The van der Waals surface area contributed by atoms with E-state index in [1.807, 2.05) is 6.92 Å². The molecule has 0 radical (unpaired) electrons. The Labute approximate surface area is 96.9 Å². The number of nitrogens with one attached hydrogen (secondary N) is 1. The predicted molar refractivity (Wildman–Crippen MR) is 62.8 cm³/mol. The lowest BCUT2D eigenvalue weighted by atomic mass is 10.4. The lowest BCUT2D eigenvalue weighted by molar-refractivity contribution is 0.567. The Morgan fingerprint density at radius 1 is 1.38 bits per heavy atom. The fraction of sp³-hybridized carbons (Fsp3) is 0.700. The van der Waals surface area contributed by atoms with Crippen molar-refractivity contribution in [2.75, 3.05) is 0 Å². The van der Waals surface area contributed by atoms with Crippen LogP contribution in [0.2, 0.25) is 0 Å². The van der Waals surface area contributed by atoms with Crippen LogP contribution in [0.1, 0.15) is 32.2 Å². The molecule has 0 saturated heterocycles. The van der Waals surface area contributed by atoms with Crippen LogP contribution in [0.5, 0.6) is 0 Å². The summed E-state index contributed by atoms with van der Waals surface area (Å²) in [6.07, 6.45) is 0. The second kappa shape index (κ2) is 4.55. The molecular weight excluding hydrogens is 226 g/mol. The molecule has 0 aliphatic carbocycles. The molecule has 0 bridgehead atoms. The number of aromatic nitrogens is 2. The van der Waals surface area contributed by atoms with Crippen molar-refractivity contribution >= 4 is 10.0 Å². The van der Waals surface area contributed by atoms with Gasteiger partial charge in [-0.1, -0.05) is 0 Å². The van der Waals surface area contributed by atoms with Gasteiger partial charge in [-0.05, 0) is 34.6 Å². The fourth-order valence-corrected chi connectivity index (χ4v) is 3.41. The summed E-state index contributed by atoms with van der Waals surface area (Å²) in [5.74, 6) is 0. The molecule has 1 N–H and O–H groups in total. The van der Waals surface area contributed by atoms with E-state index in [9.17, 15) is 8.42 Å². The third kappa shape index (κ3) is 2.44. The average Bonchev–Trinajstić information content (AvgIpc) is 2.39. The Hall–Kier alpha value is -0.880. The molecule has 1 rings (SSSR count). The van der Waals surface area contributed by atoms with Gasteiger partial charge in [-0.2, -0.15) is 5.10 Å². The minimum absolute atomic E-state index is 0.117. The van der Waals surface area contributed by atoms with Gasteiger partial charge in [0, 0.05) is 12.6 Å². The summed E-state index contributed by atoms with van der Waals surface area (Å²) in [4.78, 5) is 0.308. The first kappa shape index (κ1) is 13.2. The van der Waals surface area contributed by atoms with Crippen LogP contribution in [0.15, 0.2) is 4.90 Å². The predicted octanol–water partition coefficient (Wildman–Crippen LogP) is 1.21. The molecule has 0 aliphatic heterocycles. The molecule has 0 unspecified atom stereocenters. The molecule has 0 spiro atoms. The van der Waals surface area contributed by atoms with E-state index in [2.05, 4.69) is 9.82 Å². The number of hydrogen-bond acceptors (Lipinski definition) is 3. The van der Waals surface area contributed by atoms with Gasteiger partial charge in [0.2, 0.25) is 10.0 Å². The first-order valence-electron chi connectivity index (χ1n) is 5.36. The van der Waals surface area contributed by atoms with Gasteiger partial charge < -0.3 is 0 Å². The highest BCUT2D eigenvalue weighted by atomic mass is 32.2. The number of sulfonamides is 1. The lowest BCUT2D eigenvalue weighted by Gasteiger charge is -2.09. The summed E-state index contributed by atoms with van der Waals surface area (Å²) in [5, 5.41) is 4.20. The number of rotatable bonds is 4. The minimum Gasteiger partial charge on any atom is -0.268 e. The normalized spacial score (nSPS) is 12.4. The smallest absolute Gasteiger partial charge is 0.244 e. The van der Waals surface area contributed by atoms with E-state index in [1.54, 1.807) is 32.4 Å². The SMILES string of the molecule is CCn1nc(C)c(S(=O)(=O)NC(C)C)c1C. The molecule has 0 aliphatic rings. The van der Waals surface area contributed by atoms with E-state index in [4.69, 9.17) is 0 Å². The summed E-state index contributed by atoms with van der Waals surface area (Å²) >= 11 is 0. The standard InChI is InChI=1S/C10H19N3O2S/c1-6-13-9(5)10(8(4)11-13)16(14,15)12-7(2)3/h7,12H,6H2,1-5H3. The Bertz CT molecular complexity index is 474. The molecule has 1 aromatic heterocycles. The van der Waals surface area contributed by atoms with Crippen molar-refractivity contribution in [1.29, 1.82) is 0 Å². The maximum atomic E-state index is 12.0. The monoisotopic (exact) mass is 245 g/mol. The zero-order chi connectivity index (χ0) is 12.5. The largest absolute Gasteiger partial charge is 0.268 e. The third-order valence-electron chi connectivity index (χ3n) is 2.27. The first-order chi connectivity index (χ1) is 7.29. The first-order valence-corrected chi connectivity index (χ1v) is 6.84. The van der Waals surface area contributed by atoms with Gasteiger partial charge in [-0.15, -0.1) is 0 Å². The molecule has 0 amide bonds. The summed E-state index contributed by atoms with van der Waals surface area (Å²) in [6, 6.07) is -0.117. The van der Waals surface area contributed by atoms with E-state index < -0.39 is 10.0 Å². The van der Waals surface area contributed by atoms with Crippen molar-refractivity contribution in [2.45, 2.75) is 52.1 Å². The molecule has 0 fully saturated rings. The number of aryl methyl sites for hydroxylation is 2. The Morgan fingerprint density at radius 2 is 1.94 bits per heavy atom. The molecule has 0 aromatic carbocycles. The van der Waals surface area contributed by atoms with Gasteiger partial charge in [0.15, 0.2) is 0 Å². The fourth-order valence-electron chi connectivity index (χ4n) is 1.75. The average molecular weight is 245 g/mol. The highest BCUT2D eigenvalue weighted by Crippen LogP contribution is 2.19. The maximum Gasteiger partial charge on any atom is 0.244 e. The van der Waals surface area contributed by atoms with Crippen molar-refractivity contribution in [3.8, 4) is 0 Å². The van der Waals surface area contributed by atoms with Gasteiger partial charge in [0.25, 0.3) is 0 Å². The lowest BCUT2D eigenvalue weighted by Crippen LogP contribution is -2.31. The van der Waals surface area contributed by atoms with Crippen LogP contribution in [0, 0.1) is 13.8 Å². The number of nitrogens with zero attached hydrogens (tertiary/aromatic N) is 2. The molecular formula is C10H19N3O2S. The highest BCUT2D eigenvalue weighted by molar-refractivity contribution is 7.89. The van der Waals surface area contributed by atoms with Crippen molar-refractivity contribution in [3.05, 3.63) is 11.4 Å². The Balaban J connectivity index is 3.28. The quantitative estimate of drug-likeness (QED) is 0.867. The summed E-state index contributed by atoms with van der Waals surface area (Å²) in [7, 11) is -3.44. The number of hydrogen-bond donors (Lipinski definition) is 1. The van der Waals surface area contributed by atoms with Gasteiger partial charge in [0.1, 0.15) is 4.90 Å². The Morgan fingerprint density at radius 3 is 2.31 bits per heavy atom. The third-order valence-corrected chi connectivity index (χ3v) is 4.18. The van der Waals surface area contributed by atoms with Crippen LogP contribution in [-0.4, -0.2) is 24.2 Å². The highest BCUT2D eigenvalue weighted by Gasteiger charge is 2.24. The van der Waals surface area contributed by atoms with E-state index in [0.717, 1.165) is 0 Å². The van der Waals surface area contributed by atoms with Crippen LogP contribution in [0.3, 0.4) is 0 Å². The van der Waals surface area contributed by atoms with Crippen LogP contribution in [0.4, 0.5) is 0 Å². The minimum atomic E-state index is -3.44. The molecule has 92 valence electrons. The van der Waals surface area contributed by atoms with Gasteiger partial charge in [-0.25, -0.2) is 13.1 Å². The van der Waals surface area contributed by atoms with Crippen LogP contribution >= 0.6 is 0 Å². The topological polar surface area (TPSA) is 64.0 Å². The summed E-state index contributed by atoms with van der Waals surface area (Å²) in [5.41, 5.74) is 1.24. The second-order valence-corrected chi connectivity index (χ2v) is 5.74. The van der Waals surface area contributed by atoms with Crippen molar-refractivity contribution in [1.82, 2.24) is 14.5 Å². The second-order valence-electron chi connectivity index (χ2n) is 4.09. The molecule has 0 atom stereocenters. The van der Waals surface area contributed by atoms with Crippen LogP contribution in [-0.2, 0) is 16.6 Å². The molecule has 16 heavy (non-hydrogen) atoms. The molecule has 0 saturated carbocycles. The van der Waals surface area contributed by atoms with E-state index in [-0.39, 0.29) is 6.04 Å². The maximum absolute atomic E-state index is 12.0. The molecule has 5 nitrogen and oxygen atoms in total. The zero-order valence-electron chi connectivity index (χ0n) is 10.4. The molecule has 1 heterocycles. The molecule has 1 aromatic rings.